The molecule has 0 saturated carbocycles. The number of hydrogen-bond acceptors (Lipinski definition) is 4. The second-order valence-corrected chi connectivity index (χ2v) is 8.70. The molecule has 8 heteroatoms. The van der Waals surface area contributed by atoms with Crippen LogP contribution in [0, 0.1) is 0 Å². The van der Waals surface area contributed by atoms with Crippen LogP contribution in [0.25, 0.3) is 0 Å². The molecule has 0 spiro atoms. The zero-order chi connectivity index (χ0) is 19.3. The van der Waals surface area contributed by atoms with Crippen LogP contribution in [0.4, 0.5) is 0 Å². The third-order valence-electron chi connectivity index (χ3n) is 3.60. The Balaban J connectivity index is 2.39. The number of Topliss-reactive ketones (excluding diaryl/α,β-unsaturated/α-hetero) is 1. The van der Waals surface area contributed by atoms with Crippen molar-refractivity contribution >= 4 is 44.7 Å². The van der Waals surface area contributed by atoms with Gasteiger partial charge in [-0.3, -0.25) is 9.59 Å². The van der Waals surface area contributed by atoms with Crippen molar-refractivity contribution in [2.24, 2.45) is 0 Å². The van der Waals surface area contributed by atoms with Crippen LogP contribution in [0.5, 0.6) is 0 Å². The molecule has 0 saturated heterocycles. The van der Waals surface area contributed by atoms with E-state index in [9.17, 15) is 18.0 Å². The van der Waals surface area contributed by atoms with Crippen LogP contribution >= 0.6 is 23.2 Å². The number of carbonyl (C=O) groups is 2. The molecule has 5 nitrogen and oxygen atoms in total. The Bertz CT molecular complexity index is 848. The number of halogens is 2. The monoisotopic (exact) mass is 413 g/mol. The fourth-order valence-corrected chi connectivity index (χ4v) is 4.58. The van der Waals surface area contributed by atoms with Gasteiger partial charge in [0.15, 0.2) is 15.6 Å². The first kappa shape index (κ1) is 20.4. The summed E-state index contributed by atoms with van der Waals surface area (Å²) in [6.07, 6.45) is 0. The lowest BCUT2D eigenvalue weighted by atomic mass is 10.0. The summed E-state index contributed by atoms with van der Waals surface area (Å²) in [7, 11) is -3.89. The van der Waals surface area contributed by atoms with Crippen molar-refractivity contribution in [3.05, 3.63) is 69.7 Å². The lowest BCUT2D eigenvalue weighted by molar-refractivity contribution is -0.122. The van der Waals surface area contributed by atoms with Crippen LogP contribution in [0.3, 0.4) is 0 Å². The second-order valence-electron chi connectivity index (χ2n) is 5.74. The van der Waals surface area contributed by atoms with Crippen LogP contribution in [-0.4, -0.2) is 32.4 Å². The average Bonchev–Trinajstić information content (AvgIpc) is 2.56. The van der Waals surface area contributed by atoms with Crippen molar-refractivity contribution < 1.29 is 18.0 Å². The Morgan fingerprint density at radius 2 is 1.35 bits per heavy atom. The average molecular weight is 414 g/mol. The van der Waals surface area contributed by atoms with Gasteiger partial charge in [0.05, 0.1) is 6.54 Å². The predicted molar refractivity (Wildman–Crippen MR) is 102 cm³/mol. The highest BCUT2D eigenvalue weighted by Crippen LogP contribution is 2.32. The van der Waals surface area contributed by atoms with E-state index in [4.69, 9.17) is 23.2 Å². The highest BCUT2D eigenvalue weighted by Gasteiger charge is 2.31. The summed E-state index contributed by atoms with van der Waals surface area (Å²) in [4.78, 5) is 22.9. The van der Waals surface area contributed by atoms with Crippen molar-refractivity contribution in [2.45, 2.75) is 12.2 Å². The number of hydrogen-bond donors (Lipinski definition) is 1. The van der Waals surface area contributed by atoms with Crippen LogP contribution in [-0.2, 0) is 19.4 Å². The van der Waals surface area contributed by atoms with E-state index >= 15 is 0 Å². The Kier molecular flexibility index (Phi) is 6.81. The Morgan fingerprint density at radius 1 is 0.923 bits per heavy atom. The molecular formula is C18H17Cl2NO4S. The van der Waals surface area contributed by atoms with Gasteiger partial charge in [-0.05, 0) is 35.4 Å². The second kappa shape index (κ2) is 8.66. The molecule has 0 aliphatic heterocycles. The van der Waals surface area contributed by atoms with Gasteiger partial charge in [0.1, 0.15) is 11.0 Å². The molecule has 0 aliphatic carbocycles. The number of amides is 1. The quantitative estimate of drug-likeness (QED) is 0.755. The molecule has 0 heterocycles. The molecule has 2 rings (SSSR count). The molecule has 0 unspecified atom stereocenters. The molecule has 138 valence electrons. The van der Waals surface area contributed by atoms with Crippen LogP contribution in [0.2, 0.25) is 10.0 Å². The molecule has 1 amide bonds. The number of sulfone groups is 1. The standard InChI is InChI=1S/C18H17Cl2NO4S/c1-12(22)21-10-17(23)11-26(24,25)18(13-2-6-15(19)7-3-13)14-4-8-16(20)9-5-14/h2-9,18H,10-11H2,1H3,(H,21,22). The normalized spacial score (nSPS) is 11.4. The first-order valence-electron chi connectivity index (χ1n) is 7.67. The van der Waals surface area contributed by atoms with Crippen LogP contribution in [0.1, 0.15) is 23.3 Å². The van der Waals surface area contributed by atoms with Crippen molar-refractivity contribution in [2.75, 3.05) is 12.3 Å². The zero-order valence-electron chi connectivity index (χ0n) is 13.9. The molecule has 26 heavy (non-hydrogen) atoms. The molecule has 2 aromatic carbocycles. The van der Waals surface area contributed by atoms with Gasteiger partial charge < -0.3 is 5.32 Å². The lowest BCUT2D eigenvalue weighted by Crippen LogP contribution is -2.32. The highest BCUT2D eigenvalue weighted by molar-refractivity contribution is 7.92. The molecule has 2 aromatic rings. The summed E-state index contributed by atoms with van der Waals surface area (Å²) in [5, 5.41) is 2.22. The topological polar surface area (TPSA) is 80.3 Å². The largest absolute Gasteiger partial charge is 0.349 e. The van der Waals surface area contributed by atoms with Gasteiger partial charge in [0.25, 0.3) is 0 Å². The molecule has 0 aromatic heterocycles. The third kappa shape index (κ3) is 5.56. The zero-order valence-corrected chi connectivity index (χ0v) is 16.2. The molecule has 1 N–H and O–H groups in total. The maximum absolute atomic E-state index is 13.0. The minimum atomic E-state index is -3.89. The number of benzene rings is 2. The lowest BCUT2D eigenvalue weighted by Gasteiger charge is -2.19. The minimum Gasteiger partial charge on any atom is -0.349 e. The van der Waals surface area contributed by atoms with Crippen molar-refractivity contribution in [3.63, 3.8) is 0 Å². The molecule has 0 bridgehead atoms. The van der Waals surface area contributed by atoms with Crippen LogP contribution < -0.4 is 5.32 Å². The minimum absolute atomic E-state index is 0.331. The van der Waals surface area contributed by atoms with E-state index in [2.05, 4.69) is 5.32 Å². The maximum atomic E-state index is 13.0. The summed E-state index contributed by atoms with van der Waals surface area (Å²) in [5.74, 6) is -1.68. The summed E-state index contributed by atoms with van der Waals surface area (Å²) in [5.41, 5.74) is 0.980. The van der Waals surface area contributed by atoms with Gasteiger partial charge >= 0.3 is 0 Å². The van der Waals surface area contributed by atoms with Gasteiger partial charge in [-0.2, -0.15) is 0 Å². The Hall–Kier alpha value is -1.89. The first-order chi connectivity index (χ1) is 12.2. The summed E-state index contributed by atoms with van der Waals surface area (Å²) < 4.78 is 25.9. The van der Waals surface area contributed by atoms with Gasteiger partial charge in [-0.15, -0.1) is 0 Å². The van der Waals surface area contributed by atoms with E-state index in [0.29, 0.717) is 21.2 Å². The van der Waals surface area contributed by atoms with Gasteiger partial charge in [-0.25, -0.2) is 8.42 Å². The molecular weight excluding hydrogens is 397 g/mol. The van der Waals surface area contributed by atoms with E-state index in [1.54, 1.807) is 48.5 Å². The van der Waals surface area contributed by atoms with Crippen molar-refractivity contribution in [3.8, 4) is 0 Å². The smallest absolute Gasteiger partial charge is 0.217 e. The van der Waals surface area contributed by atoms with E-state index in [0.717, 1.165) is 0 Å². The fourth-order valence-electron chi connectivity index (χ4n) is 2.46. The van der Waals surface area contributed by atoms with E-state index in [1.807, 2.05) is 0 Å². The van der Waals surface area contributed by atoms with Gasteiger partial charge in [-0.1, -0.05) is 47.5 Å². The fraction of sp³-hybridized carbons (Fsp3) is 0.222. The summed E-state index contributed by atoms with van der Waals surface area (Å²) in [6, 6.07) is 12.8. The SMILES string of the molecule is CC(=O)NCC(=O)CS(=O)(=O)C(c1ccc(Cl)cc1)c1ccc(Cl)cc1. The summed E-state index contributed by atoms with van der Waals surface area (Å²) >= 11 is 11.8. The first-order valence-corrected chi connectivity index (χ1v) is 10.1. The maximum Gasteiger partial charge on any atom is 0.217 e. The predicted octanol–water partition coefficient (Wildman–Crippen LogP) is 3.20. The summed E-state index contributed by atoms with van der Waals surface area (Å²) in [6.45, 7) is 0.925. The third-order valence-corrected chi connectivity index (χ3v) is 6.09. The molecule has 0 fully saturated rings. The number of ketones is 1. The molecule has 0 aliphatic rings. The van der Waals surface area contributed by atoms with Crippen molar-refractivity contribution in [1.82, 2.24) is 5.32 Å². The highest BCUT2D eigenvalue weighted by atomic mass is 35.5. The molecule has 0 radical (unpaired) electrons. The Morgan fingerprint density at radius 3 is 1.73 bits per heavy atom. The number of nitrogens with one attached hydrogen (secondary N) is 1. The van der Waals surface area contributed by atoms with E-state index in [1.165, 1.54) is 6.92 Å². The molecule has 0 atom stereocenters. The van der Waals surface area contributed by atoms with Gasteiger partial charge in [0.2, 0.25) is 5.91 Å². The van der Waals surface area contributed by atoms with Crippen LogP contribution in [0.15, 0.2) is 48.5 Å². The Labute approximate surface area is 162 Å². The van der Waals surface area contributed by atoms with E-state index < -0.39 is 32.5 Å². The number of rotatable bonds is 7. The van der Waals surface area contributed by atoms with Crippen molar-refractivity contribution in [1.29, 1.82) is 0 Å². The van der Waals surface area contributed by atoms with Gasteiger partial charge in [0, 0.05) is 17.0 Å². The van der Waals surface area contributed by atoms with E-state index in [-0.39, 0.29) is 6.54 Å². The number of carbonyl (C=O) groups excluding carboxylic acids is 2.